The largest absolute Gasteiger partial charge is 0.452 e. The Hall–Kier alpha value is -2.71. The lowest BCUT2D eigenvalue weighted by molar-refractivity contribution is -0.119. The first-order valence-electron chi connectivity index (χ1n) is 10.3. The van der Waals surface area contributed by atoms with Crippen molar-refractivity contribution in [3.05, 3.63) is 62.6 Å². The first-order chi connectivity index (χ1) is 15.3. The highest BCUT2D eigenvalue weighted by Crippen LogP contribution is 2.31. The third kappa shape index (κ3) is 4.56. The molecule has 1 heterocycles. The molecular formula is C23H20BrClN2O5. The molecule has 0 aromatic heterocycles. The number of hydrogen-bond donors (Lipinski definition) is 1. The summed E-state index contributed by atoms with van der Waals surface area (Å²) in [6, 6.07) is 9.07. The molecule has 1 saturated carbocycles. The van der Waals surface area contributed by atoms with E-state index in [2.05, 4.69) is 21.2 Å². The van der Waals surface area contributed by atoms with Crippen LogP contribution in [-0.4, -0.2) is 41.2 Å². The Bertz CT molecular complexity index is 1110. The second-order valence-electron chi connectivity index (χ2n) is 7.79. The lowest BCUT2D eigenvalue weighted by atomic mass is 9.94. The Balaban J connectivity index is 1.40. The normalized spacial score (nSPS) is 16.1. The van der Waals surface area contributed by atoms with E-state index in [1.54, 1.807) is 18.2 Å². The molecule has 32 heavy (non-hydrogen) atoms. The maximum atomic E-state index is 12.9. The number of esters is 1. The third-order valence-corrected chi connectivity index (χ3v) is 6.86. The molecule has 1 fully saturated rings. The summed E-state index contributed by atoms with van der Waals surface area (Å²) in [6.07, 6.45) is 4.70. The zero-order valence-corrected chi connectivity index (χ0v) is 19.4. The Morgan fingerprint density at radius 3 is 2.47 bits per heavy atom. The van der Waals surface area contributed by atoms with Crippen LogP contribution in [0.2, 0.25) is 5.02 Å². The molecule has 1 N–H and O–H groups in total. The summed E-state index contributed by atoms with van der Waals surface area (Å²) in [5.74, 6) is -1.98. The third-order valence-electron chi connectivity index (χ3n) is 5.63. The Morgan fingerprint density at radius 2 is 1.75 bits per heavy atom. The summed E-state index contributed by atoms with van der Waals surface area (Å²) in [5.41, 5.74) is 1.06. The van der Waals surface area contributed by atoms with Crippen LogP contribution in [0.25, 0.3) is 0 Å². The van der Waals surface area contributed by atoms with Crippen LogP contribution in [0.5, 0.6) is 0 Å². The molecule has 9 heteroatoms. The predicted molar refractivity (Wildman–Crippen MR) is 122 cm³/mol. The van der Waals surface area contributed by atoms with Gasteiger partial charge in [-0.15, -0.1) is 0 Å². The smallest absolute Gasteiger partial charge is 0.338 e. The number of fused-ring (bicyclic) bond motifs is 1. The number of benzene rings is 2. The van der Waals surface area contributed by atoms with Crippen molar-refractivity contribution in [2.75, 3.05) is 11.9 Å². The number of anilines is 1. The van der Waals surface area contributed by atoms with Gasteiger partial charge in [0.1, 0.15) is 0 Å². The molecule has 0 radical (unpaired) electrons. The van der Waals surface area contributed by atoms with E-state index in [0.717, 1.165) is 32.1 Å². The highest BCUT2D eigenvalue weighted by Gasteiger charge is 2.40. The highest BCUT2D eigenvalue weighted by molar-refractivity contribution is 9.10. The van der Waals surface area contributed by atoms with Crippen molar-refractivity contribution >= 4 is 56.9 Å². The number of carbonyl (C=O) groups excluding carboxylic acids is 4. The lowest BCUT2D eigenvalue weighted by Crippen LogP contribution is -2.40. The maximum absolute atomic E-state index is 12.9. The van der Waals surface area contributed by atoms with E-state index < -0.39 is 18.5 Å². The van der Waals surface area contributed by atoms with E-state index >= 15 is 0 Å². The number of rotatable bonds is 5. The van der Waals surface area contributed by atoms with Gasteiger partial charge in [-0.25, -0.2) is 4.79 Å². The minimum absolute atomic E-state index is 0.0950. The molecule has 2 aromatic carbocycles. The standard InChI is InChI=1S/C23H20BrClN2O5/c24-18-9-7-14(11-19(18)25)26-20(28)12-32-23(31)13-6-8-16-17(10-13)22(30)27(21(16)29)15-4-2-1-3-5-15/h6-11,15H,1-5,12H2,(H,26,28). The zero-order valence-electron chi connectivity index (χ0n) is 17.0. The van der Waals surface area contributed by atoms with E-state index in [1.165, 1.54) is 23.1 Å². The topological polar surface area (TPSA) is 92.8 Å². The van der Waals surface area contributed by atoms with Crippen molar-refractivity contribution in [1.29, 1.82) is 0 Å². The molecule has 166 valence electrons. The summed E-state index contributed by atoms with van der Waals surface area (Å²) in [6.45, 7) is -0.509. The van der Waals surface area contributed by atoms with Crippen LogP contribution < -0.4 is 5.32 Å². The number of ether oxygens (including phenoxy) is 1. The van der Waals surface area contributed by atoms with Gasteiger partial charge in [0, 0.05) is 16.2 Å². The molecule has 1 aliphatic heterocycles. The molecule has 7 nitrogen and oxygen atoms in total. The van der Waals surface area contributed by atoms with Gasteiger partial charge in [0.25, 0.3) is 17.7 Å². The number of imide groups is 1. The second-order valence-corrected chi connectivity index (χ2v) is 9.05. The van der Waals surface area contributed by atoms with Gasteiger partial charge in [0.2, 0.25) is 0 Å². The minimum Gasteiger partial charge on any atom is -0.452 e. The van der Waals surface area contributed by atoms with Crippen LogP contribution in [0, 0.1) is 0 Å². The minimum atomic E-state index is -0.756. The van der Waals surface area contributed by atoms with Crippen LogP contribution in [0.15, 0.2) is 40.9 Å². The number of nitrogens with zero attached hydrogens (tertiary/aromatic N) is 1. The monoisotopic (exact) mass is 518 g/mol. The van der Waals surface area contributed by atoms with Gasteiger partial charge < -0.3 is 10.1 Å². The molecule has 1 aliphatic carbocycles. The van der Waals surface area contributed by atoms with Gasteiger partial charge >= 0.3 is 5.97 Å². The van der Waals surface area contributed by atoms with Gasteiger partial charge in [-0.1, -0.05) is 30.9 Å². The molecule has 2 aliphatic rings. The lowest BCUT2D eigenvalue weighted by Gasteiger charge is -2.29. The van der Waals surface area contributed by atoms with Gasteiger partial charge in [-0.2, -0.15) is 0 Å². The average molecular weight is 520 g/mol. The Morgan fingerprint density at radius 1 is 1.03 bits per heavy atom. The first kappa shape index (κ1) is 22.5. The number of amides is 3. The van der Waals surface area contributed by atoms with Crippen LogP contribution in [0.1, 0.15) is 63.2 Å². The summed E-state index contributed by atoms with van der Waals surface area (Å²) in [4.78, 5) is 51.5. The van der Waals surface area contributed by atoms with E-state index in [4.69, 9.17) is 16.3 Å². The quantitative estimate of drug-likeness (QED) is 0.451. The van der Waals surface area contributed by atoms with Crippen molar-refractivity contribution in [2.24, 2.45) is 0 Å². The van der Waals surface area contributed by atoms with E-state index in [-0.39, 0.29) is 29.0 Å². The van der Waals surface area contributed by atoms with Crippen LogP contribution in [0.4, 0.5) is 5.69 Å². The average Bonchev–Trinajstić information content (AvgIpc) is 3.04. The van der Waals surface area contributed by atoms with Gasteiger partial charge in [-0.05, 0) is 65.2 Å². The summed E-state index contributed by atoms with van der Waals surface area (Å²) < 4.78 is 5.77. The zero-order chi connectivity index (χ0) is 22.8. The fourth-order valence-corrected chi connectivity index (χ4v) is 4.47. The molecular weight excluding hydrogens is 500 g/mol. The summed E-state index contributed by atoms with van der Waals surface area (Å²) in [7, 11) is 0. The first-order valence-corrected chi connectivity index (χ1v) is 11.5. The molecule has 2 aromatic rings. The molecule has 0 atom stereocenters. The molecule has 0 spiro atoms. The Labute approximate surface area is 198 Å². The fourth-order valence-electron chi connectivity index (χ4n) is 4.04. The number of hydrogen-bond acceptors (Lipinski definition) is 5. The van der Waals surface area contributed by atoms with Gasteiger partial charge in [0.05, 0.1) is 21.7 Å². The SMILES string of the molecule is O=C(COC(=O)c1ccc2c(c1)C(=O)N(C1CCCCC1)C2=O)Nc1ccc(Br)c(Cl)c1. The highest BCUT2D eigenvalue weighted by atomic mass is 79.9. The van der Waals surface area contributed by atoms with Crippen molar-refractivity contribution < 1.29 is 23.9 Å². The Kier molecular flexibility index (Phi) is 6.62. The van der Waals surface area contributed by atoms with Crippen molar-refractivity contribution in [1.82, 2.24) is 4.90 Å². The molecule has 4 rings (SSSR count). The van der Waals surface area contributed by atoms with Gasteiger partial charge in [0.15, 0.2) is 6.61 Å². The molecule has 0 bridgehead atoms. The van der Waals surface area contributed by atoms with Crippen LogP contribution >= 0.6 is 27.5 Å². The maximum Gasteiger partial charge on any atom is 0.338 e. The fraction of sp³-hybridized carbons (Fsp3) is 0.304. The molecule has 3 amide bonds. The van der Waals surface area contributed by atoms with Crippen molar-refractivity contribution in [2.45, 2.75) is 38.1 Å². The van der Waals surface area contributed by atoms with Gasteiger partial charge in [-0.3, -0.25) is 19.3 Å². The van der Waals surface area contributed by atoms with Crippen LogP contribution in [-0.2, 0) is 9.53 Å². The molecule has 0 saturated heterocycles. The number of nitrogens with one attached hydrogen (secondary N) is 1. The number of halogens is 2. The van der Waals surface area contributed by atoms with Crippen molar-refractivity contribution in [3.8, 4) is 0 Å². The second kappa shape index (κ2) is 9.42. The van der Waals surface area contributed by atoms with Crippen molar-refractivity contribution in [3.63, 3.8) is 0 Å². The summed E-state index contributed by atoms with van der Waals surface area (Å²) >= 11 is 9.26. The van der Waals surface area contributed by atoms with E-state index in [9.17, 15) is 19.2 Å². The predicted octanol–water partition coefficient (Wildman–Crippen LogP) is 4.83. The summed E-state index contributed by atoms with van der Waals surface area (Å²) in [5, 5.41) is 3.02. The molecule has 0 unspecified atom stereocenters. The van der Waals surface area contributed by atoms with E-state index in [1.807, 2.05) is 0 Å². The number of carbonyl (C=O) groups is 4. The van der Waals surface area contributed by atoms with Crippen LogP contribution in [0.3, 0.4) is 0 Å². The van der Waals surface area contributed by atoms with E-state index in [0.29, 0.717) is 20.7 Å².